The first-order chi connectivity index (χ1) is 12.9. The van der Waals surface area contributed by atoms with Crippen molar-refractivity contribution in [2.24, 2.45) is 5.92 Å². The molecule has 0 aromatic heterocycles. The van der Waals surface area contributed by atoms with E-state index < -0.39 is 47.6 Å². The van der Waals surface area contributed by atoms with Crippen molar-refractivity contribution in [3.63, 3.8) is 0 Å². The van der Waals surface area contributed by atoms with Gasteiger partial charge < -0.3 is 20.1 Å². The van der Waals surface area contributed by atoms with E-state index in [1.54, 1.807) is 34.6 Å². The number of carbonyl (C=O) groups excluding carboxylic acids is 4. The van der Waals surface area contributed by atoms with Gasteiger partial charge in [0.1, 0.15) is 23.7 Å². The lowest BCUT2D eigenvalue weighted by Crippen LogP contribution is -2.55. The average Bonchev–Trinajstić information content (AvgIpc) is 3.06. The van der Waals surface area contributed by atoms with Crippen LogP contribution in [0.2, 0.25) is 0 Å². The van der Waals surface area contributed by atoms with Crippen LogP contribution >= 0.6 is 0 Å². The molecule has 0 bridgehead atoms. The first-order valence-electron chi connectivity index (χ1n) is 9.55. The molecule has 3 atom stereocenters. The van der Waals surface area contributed by atoms with Gasteiger partial charge in [-0.05, 0) is 46.5 Å². The SMILES string of the molecule is COC(=O)[C@@H](NC(=O)[C@H](C)NC(=O)[C@@H]1CCCN1C(=O)OC(C)(C)C)C(C)C. The summed E-state index contributed by atoms with van der Waals surface area (Å²) in [4.78, 5) is 50.5. The fourth-order valence-corrected chi connectivity index (χ4v) is 2.86. The highest BCUT2D eigenvalue weighted by molar-refractivity contribution is 5.93. The number of nitrogens with one attached hydrogen (secondary N) is 2. The average molecular weight is 399 g/mol. The Morgan fingerprint density at radius 3 is 2.18 bits per heavy atom. The summed E-state index contributed by atoms with van der Waals surface area (Å²) in [7, 11) is 1.25. The van der Waals surface area contributed by atoms with Crippen molar-refractivity contribution < 1.29 is 28.7 Å². The topological polar surface area (TPSA) is 114 Å². The van der Waals surface area contributed by atoms with Crippen molar-refractivity contribution in [3.8, 4) is 0 Å². The van der Waals surface area contributed by atoms with Crippen molar-refractivity contribution in [3.05, 3.63) is 0 Å². The van der Waals surface area contributed by atoms with Gasteiger partial charge in [-0.15, -0.1) is 0 Å². The molecule has 0 radical (unpaired) electrons. The Morgan fingerprint density at radius 2 is 1.68 bits per heavy atom. The van der Waals surface area contributed by atoms with E-state index in [1.807, 2.05) is 0 Å². The van der Waals surface area contributed by atoms with Gasteiger partial charge in [0.05, 0.1) is 7.11 Å². The smallest absolute Gasteiger partial charge is 0.410 e. The zero-order chi connectivity index (χ0) is 21.6. The van der Waals surface area contributed by atoms with Crippen molar-refractivity contribution in [1.82, 2.24) is 15.5 Å². The standard InChI is InChI=1S/C19H33N3O6/c1-11(2)14(17(25)27-7)21-15(23)12(3)20-16(24)13-9-8-10-22(13)18(26)28-19(4,5)6/h11-14H,8-10H2,1-7H3,(H,20,24)(H,21,23)/t12-,13-,14-/m0/s1. The molecule has 3 amide bonds. The number of ether oxygens (including phenoxy) is 2. The van der Waals surface area contributed by atoms with Crippen LogP contribution in [0.25, 0.3) is 0 Å². The molecule has 1 rings (SSSR count). The molecule has 160 valence electrons. The van der Waals surface area contributed by atoms with Crippen molar-refractivity contribution >= 4 is 23.9 Å². The summed E-state index contributed by atoms with van der Waals surface area (Å²) in [5.41, 5.74) is -0.659. The summed E-state index contributed by atoms with van der Waals surface area (Å²) in [6.45, 7) is 10.8. The molecule has 2 N–H and O–H groups in total. The summed E-state index contributed by atoms with van der Waals surface area (Å²) in [5.74, 6) is -1.64. The van der Waals surface area contributed by atoms with Crippen LogP contribution in [0.15, 0.2) is 0 Å². The van der Waals surface area contributed by atoms with Gasteiger partial charge in [-0.25, -0.2) is 9.59 Å². The van der Waals surface area contributed by atoms with Crippen molar-refractivity contribution in [2.45, 2.75) is 78.1 Å². The number of nitrogens with zero attached hydrogens (tertiary/aromatic N) is 1. The van der Waals surface area contributed by atoms with E-state index >= 15 is 0 Å². The zero-order valence-electron chi connectivity index (χ0n) is 17.8. The van der Waals surface area contributed by atoms with Gasteiger partial charge >= 0.3 is 12.1 Å². The molecule has 9 heteroatoms. The molecule has 0 aliphatic carbocycles. The molecular formula is C19H33N3O6. The van der Waals surface area contributed by atoms with Gasteiger partial charge in [0.15, 0.2) is 0 Å². The Morgan fingerprint density at radius 1 is 1.07 bits per heavy atom. The third-order valence-corrected chi connectivity index (χ3v) is 4.36. The van der Waals surface area contributed by atoms with Crippen LogP contribution in [0.1, 0.15) is 54.4 Å². The van der Waals surface area contributed by atoms with Crippen molar-refractivity contribution in [1.29, 1.82) is 0 Å². The molecule has 1 saturated heterocycles. The lowest BCUT2D eigenvalue weighted by atomic mass is 10.0. The number of esters is 1. The molecule has 1 fully saturated rings. The summed E-state index contributed by atoms with van der Waals surface area (Å²) >= 11 is 0. The molecule has 28 heavy (non-hydrogen) atoms. The third-order valence-electron chi connectivity index (χ3n) is 4.36. The van der Waals surface area contributed by atoms with Crippen molar-refractivity contribution in [2.75, 3.05) is 13.7 Å². The summed E-state index contributed by atoms with van der Waals surface area (Å²) in [5, 5.41) is 5.21. The van der Waals surface area contributed by atoms with Gasteiger partial charge in [0.2, 0.25) is 11.8 Å². The van der Waals surface area contributed by atoms with E-state index in [4.69, 9.17) is 9.47 Å². The van der Waals surface area contributed by atoms with E-state index in [-0.39, 0.29) is 5.92 Å². The highest BCUT2D eigenvalue weighted by atomic mass is 16.6. The monoisotopic (exact) mass is 399 g/mol. The number of hydrogen-bond donors (Lipinski definition) is 2. The molecule has 0 unspecified atom stereocenters. The van der Waals surface area contributed by atoms with E-state index in [0.29, 0.717) is 19.4 Å². The number of carbonyl (C=O) groups is 4. The molecule has 0 aromatic rings. The highest BCUT2D eigenvalue weighted by Crippen LogP contribution is 2.21. The molecule has 0 saturated carbocycles. The minimum absolute atomic E-state index is 0.170. The molecule has 1 aliphatic heterocycles. The Hall–Kier alpha value is -2.32. The van der Waals surface area contributed by atoms with Crippen LogP contribution in [-0.4, -0.2) is 66.2 Å². The van der Waals surface area contributed by atoms with E-state index in [1.165, 1.54) is 18.9 Å². The quantitative estimate of drug-likeness (QED) is 0.649. The second kappa shape index (κ2) is 9.75. The second-order valence-corrected chi connectivity index (χ2v) is 8.32. The fourth-order valence-electron chi connectivity index (χ4n) is 2.86. The van der Waals surface area contributed by atoms with Gasteiger partial charge in [0, 0.05) is 6.54 Å². The number of rotatable bonds is 6. The van der Waals surface area contributed by atoms with Gasteiger partial charge in [-0.2, -0.15) is 0 Å². The number of hydrogen-bond acceptors (Lipinski definition) is 6. The molecule has 0 aromatic carbocycles. The van der Waals surface area contributed by atoms with Gasteiger partial charge in [-0.1, -0.05) is 13.8 Å². The number of likely N-dealkylation sites (tertiary alicyclic amines) is 1. The minimum atomic E-state index is -0.875. The first kappa shape index (κ1) is 23.7. The summed E-state index contributed by atoms with van der Waals surface area (Å²) in [6, 6.07) is -2.37. The Labute approximate surface area is 166 Å². The number of amides is 3. The Bertz CT molecular complexity index is 599. The largest absolute Gasteiger partial charge is 0.467 e. The van der Waals surface area contributed by atoms with E-state index in [2.05, 4.69) is 10.6 Å². The lowest BCUT2D eigenvalue weighted by Gasteiger charge is -2.29. The van der Waals surface area contributed by atoms with Crippen LogP contribution in [0.5, 0.6) is 0 Å². The number of methoxy groups -OCH3 is 1. The van der Waals surface area contributed by atoms with Crippen LogP contribution in [0, 0.1) is 5.92 Å². The van der Waals surface area contributed by atoms with E-state index in [0.717, 1.165) is 0 Å². The van der Waals surface area contributed by atoms with Crippen LogP contribution in [0.3, 0.4) is 0 Å². The van der Waals surface area contributed by atoms with E-state index in [9.17, 15) is 19.2 Å². The molecule has 1 aliphatic rings. The maximum absolute atomic E-state index is 12.6. The predicted molar refractivity (Wildman–Crippen MR) is 102 cm³/mol. The molecular weight excluding hydrogens is 366 g/mol. The second-order valence-electron chi connectivity index (χ2n) is 8.32. The summed E-state index contributed by atoms with van der Waals surface area (Å²) in [6.07, 6.45) is 0.624. The molecule has 1 heterocycles. The van der Waals surface area contributed by atoms with Gasteiger partial charge in [0.25, 0.3) is 0 Å². The molecule has 9 nitrogen and oxygen atoms in total. The maximum Gasteiger partial charge on any atom is 0.410 e. The molecule has 0 spiro atoms. The first-order valence-corrected chi connectivity index (χ1v) is 9.55. The third kappa shape index (κ3) is 6.69. The minimum Gasteiger partial charge on any atom is -0.467 e. The fraction of sp³-hybridized carbons (Fsp3) is 0.789. The lowest BCUT2D eigenvalue weighted by molar-refractivity contribution is -0.146. The Balaban J connectivity index is 2.70. The maximum atomic E-state index is 12.6. The van der Waals surface area contributed by atoms with Crippen LogP contribution in [0.4, 0.5) is 4.79 Å². The van der Waals surface area contributed by atoms with Crippen LogP contribution in [-0.2, 0) is 23.9 Å². The summed E-state index contributed by atoms with van der Waals surface area (Å²) < 4.78 is 10.0. The normalized spacial score (nSPS) is 19.0. The Kier molecular flexibility index (Phi) is 8.26. The zero-order valence-corrected chi connectivity index (χ0v) is 17.8. The van der Waals surface area contributed by atoms with Crippen LogP contribution < -0.4 is 10.6 Å². The predicted octanol–water partition coefficient (Wildman–Crippen LogP) is 1.20. The highest BCUT2D eigenvalue weighted by Gasteiger charge is 2.37. The van der Waals surface area contributed by atoms with Gasteiger partial charge in [-0.3, -0.25) is 14.5 Å².